The first-order valence-corrected chi connectivity index (χ1v) is 27.8. The molecule has 86 heavy (non-hydrogen) atoms. The molecule has 0 aromatic heterocycles. The fourth-order valence-corrected chi connectivity index (χ4v) is 10.2. The standard InChI is InChI=1S/C22H29N3O2.C20H25N3O2.C11H16N2O2.C11H15NO.2CH4.2Cs.2H2O/c1-6-25(7-2)18-12-9-16(10-13-18)21-23(4)19-14-11-17(22(26)27-8-3)15-20(19)24(21)5;1-5-23(6-2)16-10-7-14(8-11-16)19-21(3)17-12-9-15(20(24)25)13-18(17)22(19)4;1-4-15-11(14)8-5-6-9(12-2)10(7-8)13-3;1-3-12(4-2)11-7-5-10(9-13)6-8-11;;;;;;/h9-15,21H,6-8H2,1-5H3;7-13,19H,5-6H2,1-4H3,(H,24,25);5-7,12-13H,4H2,1-3H3;5-9H,3-4H2,1-2H3;2*1H4;;;2*1H2/q;;;;;;2*+1;;/p-3. The van der Waals surface area contributed by atoms with E-state index in [9.17, 15) is 24.3 Å². The Labute approximate surface area is 631 Å². The Balaban J connectivity index is 0. The zero-order valence-electron chi connectivity index (χ0n) is 52.4. The van der Waals surface area contributed by atoms with Gasteiger partial charge in [0.15, 0.2) is 0 Å². The van der Waals surface area contributed by atoms with Gasteiger partial charge in [-0.2, -0.15) is 0 Å². The van der Waals surface area contributed by atoms with Gasteiger partial charge in [-0.15, -0.1) is 0 Å². The molecular weight excluding hydrogens is 1330 g/mol. The Hall–Kier alpha value is -4.38. The van der Waals surface area contributed by atoms with E-state index in [1.807, 2.05) is 89.7 Å². The molecule has 2 unspecified atom stereocenters. The first kappa shape index (κ1) is 83.7. The van der Waals surface area contributed by atoms with Gasteiger partial charge in [0.2, 0.25) is 0 Å². The number of hydrogen-bond acceptors (Lipinski definition) is 18. The van der Waals surface area contributed by atoms with E-state index in [0.717, 1.165) is 85.2 Å². The van der Waals surface area contributed by atoms with Crippen molar-refractivity contribution >= 4 is 75.4 Å². The number of fused-ring (bicyclic) bond motifs is 2. The van der Waals surface area contributed by atoms with E-state index in [-0.39, 0.29) is 193 Å². The molecule has 6 aromatic carbocycles. The van der Waals surface area contributed by atoms with Gasteiger partial charge in [-0.05, 0) is 169 Å². The van der Waals surface area contributed by atoms with Gasteiger partial charge < -0.3 is 75.3 Å². The topological polar surface area (TPSA) is 217 Å². The van der Waals surface area contributed by atoms with Crippen molar-refractivity contribution in [3.05, 3.63) is 161 Å². The average molecular weight is 1420 g/mol. The number of carbonyl (C=O) groups excluding carboxylic acids is 4. The van der Waals surface area contributed by atoms with Crippen LogP contribution < -0.4 is 188 Å². The van der Waals surface area contributed by atoms with E-state index in [1.54, 1.807) is 31.2 Å². The van der Waals surface area contributed by atoms with Crippen LogP contribution in [0, 0.1) is 0 Å². The third-order valence-corrected chi connectivity index (χ3v) is 14.6. The molecule has 18 nitrogen and oxygen atoms in total. The van der Waals surface area contributed by atoms with E-state index in [4.69, 9.17) is 9.47 Å². The Kier molecular flexibility index (Phi) is 40.6. The number of anilines is 9. The van der Waals surface area contributed by atoms with Gasteiger partial charge in [0.1, 0.15) is 18.6 Å². The Bertz CT molecular complexity index is 2960. The number of aromatic carboxylic acids is 1. The summed E-state index contributed by atoms with van der Waals surface area (Å²) in [7, 11) is 11.8. The van der Waals surface area contributed by atoms with Gasteiger partial charge in [-0.25, -0.2) is 9.59 Å². The minimum atomic E-state index is -1.15. The quantitative estimate of drug-likeness (QED) is 0.0703. The normalized spacial score (nSPS) is 12.7. The van der Waals surface area contributed by atoms with Crippen molar-refractivity contribution in [3.63, 3.8) is 0 Å². The summed E-state index contributed by atoms with van der Waals surface area (Å²) in [5.74, 6) is -1.72. The first-order chi connectivity index (χ1) is 38.5. The van der Waals surface area contributed by atoms with Crippen LogP contribution in [-0.4, -0.2) is 130 Å². The zero-order chi connectivity index (χ0) is 58.6. The summed E-state index contributed by atoms with van der Waals surface area (Å²) in [5.41, 5.74) is 14.0. The van der Waals surface area contributed by atoms with Gasteiger partial charge in [0, 0.05) is 104 Å². The molecule has 460 valence electrons. The van der Waals surface area contributed by atoms with Gasteiger partial charge in [-0.1, -0.05) is 45.2 Å². The van der Waals surface area contributed by atoms with Crippen molar-refractivity contribution in [1.29, 1.82) is 0 Å². The summed E-state index contributed by atoms with van der Waals surface area (Å²) >= 11 is 0. The molecule has 0 fully saturated rings. The van der Waals surface area contributed by atoms with E-state index in [1.165, 1.54) is 28.2 Å². The molecule has 2 aliphatic heterocycles. The maximum atomic E-state index is 12.1. The molecule has 0 bridgehead atoms. The third kappa shape index (κ3) is 21.1. The summed E-state index contributed by atoms with van der Waals surface area (Å²) < 4.78 is 10.1. The predicted molar refractivity (Wildman–Crippen MR) is 346 cm³/mol. The molecule has 6 aromatic rings. The van der Waals surface area contributed by atoms with Crippen LogP contribution >= 0.6 is 0 Å². The molecule has 0 spiro atoms. The van der Waals surface area contributed by atoms with Crippen LogP contribution in [0.5, 0.6) is 0 Å². The number of ether oxygens (including phenoxy) is 2. The molecule has 0 radical (unpaired) electrons. The monoisotopic (exact) mass is 1420 g/mol. The van der Waals surface area contributed by atoms with Crippen molar-refractivity contribution in [1.82, 2.24) is 0 Å². The van der Waals surface area contributed by atoms with Gasteiger partial charge in [0.25, 0.3) is 0 Å². The number of hydrogen-bond donors (Lipinski definition) is 2. The summed E-state index contributed by atoms with van der Waals surface area (Å²) in [5, 5.41) is 17.2. The maximum absolute atomic E-state index is 12.1. The summed E-state index contributed by atoms with van der Waals surface area (Å²) in [6.45, 7) is 23.2. The number of carboxylic acids is 1. The fraction of sp³-hybridized carbons (Fsp3) is 0.394. The van der Waals surface area contributed by atoms with Crippen molar-refractivity contribution in [2.75, 3.05) is 140 Å². The van der Waals surface area contributed by atoms with Gasteiger partial charge in [-0.3, -0.25) is 4.79 Å². The van der Waals surface area contributed by atoms with E-state index in [0.29, 0.717) is 24.3 Å². The van der Waals surface area contributed by atoms with Crippen LogP contribution in [0.1, 0.15) is 135 Å². The zero-order valence-corrected chi connectivity index (χ0v) is 65.0. The number of aldehydes is 1. The molecule has 0 amide bonds. The minimum absolute atomic E-state index is 0. The Morgan fingerprint density at radius 1 is 0.465 bits per heavy atom. The molecule has 8 rings (SSSR count). The number of carbonyl (C=O) groups is 4. The maximum Gasteiger partial charge on any atom is 1.00 e. The molecule has 0 saturated carbocycles. The number of carboxylic acid groups (broad SMARTS) is 1. The van der Waals surface area contributed by atoms with E-state index < -0.39 is 5.97 Å². The van der Waals surface area contributed by atoms with Crippen LogP contribution in [0.15, 0.2) is 127 Å². The second kappa shape index (κ2) is 41.8. The summed E-state index contributed by atoms with van der Waals surface area (Å²) in [6.07, 6.45) is 1.01. The molecule has 0 aliphatic carbocycles. The third-order valence-electron chi connectivity index (χ3n) is 14.6. The minimum Gasteiger partial charge on any atom is -0.870 e. The smallest absolute Gasteiger partial charge is 0.870 e. The molecule has 20 heteroatoms. The van der Waals surface area contributed by atoms with Crippen LogP contribution in [0.4, 0.5) is 51.2 Å². The molecular formula is C66H94Cs2N9O9-. The number of benzene rings is 6. The fourth-order valence-electron chi connectivity index (χ4n) is 10.2. The number of esters is 2. The molecule has 2 aliphatic rings. The molecule has 2 atom stereocenters. The van der Waals surface area contributed by atoms with E-state index >= 15 is 0 Å². The SMILES string of the molecule is C.C.CCN(CC)c1ccc(C2N(C)c3ccc(C(=O)[O-])cc3N2C)cc1.CCN(CC)c1ccc(C=O)cc1.CCOC(=O)c1ccc(NC)c(NC)c1.CCOC(=O)c1ccc2c(c1)N(C)C(c1ccc(N(CC)CC)cc1)N2C.[Cs+].[Cs+].[OH-].[OH-]. The van der Waals surface area contributed by atoms with Crippen LogP contribution in [0.2, 0.25) is 0 Å². The second-order valence-electron chi connectivity index (χ2n) is 19.0. The molecule has 2 heterocycles. The number of nitrogens with one attached hydrogen (secondary N) is 2. The average Bonchev–Trinajstić information content (AvgIpc) is 3.90. The van der Waals surface area contributed by atoms with Crippen molar-refractivity contribution in [3.8, 4) is 0 Å². The largest absolute Gasteiger partial charge is 1.00 e. The van der Waals surface area contributed by atoms with Crippen LogP contribution in [0.3, 0.4) is 0 Å². The van der Waals surface area contributed by atoms with Crippen molar-refractivity contribution in [2.45, 2.75) is 82.6 Å². The van der Waals surface area contributed by atoms with Gasteiger partial charge >= 0.3 is 150 Å². The van der Waals surface area contributed by atoms with Crippen molar-refractivity contribution in [2.24, 2.45) is 0 Å². The predicted octanol–water partition coefficient (Wildman–Crippen LogP) is 5.99. The number of rotatable bonds is 19. The Morgan fingerprint density at radius 2 is 0.779 bits per heavy atom. The van der Waals surface area contributed by atoms with E-state index in [2.05, 4.69) is 149 Å². The van der Waals surface area contributed by atoms with Crippen LogP contribution in [0.25, 0.3) is 0 Å². The van der Waals surface area contributed by atoms with Crippen molar-refractivity contribution < 1.29 is 182 Å². The number of nitrogens with zero attached hydrogens (tertiary/aromatic N) is 7. The molecule has 4 N–H and O–H groups in total. The van der Waals surface area contributed by atoms with Crippen LogP contribution in [-0.2, 0) is 9.47 Å². The summed E-state index contributed by atoms with van der Waals surface area (Å²) in [6, 6.07) is 41.3. The van der Waals surface area contributed by atoms with Gasteiger partial charge in [0.05, 0.1) is 64.4 Å². The second-order valence-corrected chi connectivity index (χ2v) is 19.0. The first-order valence-electron chi connectivity index (χ1n) is 27.8. The Morgan fingerprint density at radius 3 is 1.10 bits per heavy atom. The summed E-state index contributed by atoms with van der Waals surface area (Å²) in [4.78, 5) is 60.7. The molecule has 0 saturated heterocycles.